The van der Waals surface area contributed by atoms with Gasteiger partial charge < -0.3 is 0 Å². The summed E-state index contributed by atoms with van der Waals surface area (Å²) >= 11 is 0. The SMILES string of the molecule is Fc1ccc2c(c1)cc(-c1cc3cc(F)ccc3n1-c1ncccn1)n2-c1ncccn1. The molecule has 0 atom stereocenters. The van der Waals surface area contributed by atoms with E-state index in [-0.39, 0.29) is 11.6 Å². The van der Waals surface area contributed by atoms with Gasteiger partial charge in [0.15, 0.2) is 0 Å². The summed E-state index contributed by atoms with van der Waals surface area (Å²) < 4.78 is 31.8. The zero-order valence-electron chi connectivity index (χ0n) is 16.5. The highest BCUT2D eigenvalue weighted by Gasteiger charge is 2.21. The van der Waals surface area contributed by atoms with E-state index in [2.05, 4.69) is 19.9 Å². The first kappa shape index (κ1) is 18.3. The minimum Gasteiger partial charge on any atom is -0.276 e. The predicted molar refractivity (Wildman–Crippen MR) is 117 cm³/mol. The van der Waals surface area contributed by atoms with E-state index in [4.69, 9.17) is 0 Å². The van der Waals surface area contributed by atoms with E-state index in [0.717, 1.165) is 11.0 Å². The number of hydrogen-bond acceptors (Lipinski definition) is 4. The summed E-state index contributed by atoms with van der Waals surface area (Å²) in [6.45, 7) is 0. The number of benzene rings is 2. The molecular formula is C24H14F2N6. The average Bonchev–Trinajstić information content (AvgIpc) is 3.37. The summed E-state index contributed by atoms with van der Waals surface area (Å²) in [6.07, 6.45) is 6.58. The van der Waals surface area contributed by atoms with Crippen LogP contribution >= 0.6 is 0 Å². The molecule has 0 saturated heterocycles. The molecule has 0 radical (unpaired) electrons. The maximum atomic E-state index is 14.0. The molecule has 6 rings (SSSR count). The van der Waals surface area contributed by atoms with E-state index >= 15 is 0 Å². The van der Waals surface area contributed by atoms with Crippen LogP contribution in [-0.2, 0) is 0 Å². The second-order valence-electron chi connectivity index (χ2n) is 7.23. The monoisotopic (exact) mass is 424 g/mol. The van der Waals surface area contributed by atoms with Crippen molar-refractivity contribution in [1.29, 1.82) is 0 Å². The highest BCUT2D eigenvalue weighted by atomic mass is 19.1. The molecule has 0 N–H and O–H groups in total. The van der Waals surface area contributed by atoms with E-state index in [0.29, 0.717) is 34.1 Å². The zero-order chi connectivity index (χ0) is 21.7. The van der Waals surface area contributed by atoms with Crippen molar-refractivity contribution in [2.45, 2.75) is 0 Å². The van der Waals surface area contributed by atoms with Crippen molar-refractivity contribution in [3.63, 3.8) is 0 Å². The minimum absolute atomic E-state index is 0.343. The summed E-state index contributed by atoms with van der Waals surface area (Å²) in [5.41, 5.74) is 2.87. The number of aromatic nitrogens is 6. The van der Waals surface area contributed by atoms with Crippen LogP contribution in [0, 0.1) is 11.6 Å². The molecule has 0 bridgehead atoms. The van der Waals surface area contributed by atoms with Gasteiger partial charge in [0.05, 0.1) is 22.4 Å². The number of halogens is 2. The summed E-state index contributed by atoms with van der Waals surface area (Å²) in [5.74, 6) is 0.176. The van der Waals surface area contributed by atoms with Crippen LogP contribution in [0.2, 0.25) is 0 Å². The second kappa shape index (κ2) is 7.05. The molecule has 0 fully saturated rings. The van der Waals surface area contributed by atoms with Gasteiger partial charge in [0.2, 0.25) is 11.9 Å². The number of hydrogen-bond donors (Lipinski definition) is 0. The fourth-order valence-electron chi connectivity index (χ4n) is 3.99. The molecule has 0 aliphatic carbocycles. The van der Waals surface area contributed by atoms with Gasteiger partial charge in [-0.15, -0.1) is 0 Å². The summed E-state index contributed by atoms with van der Waals surface area (Å²) in [6, 6.07) is 16.3. The molecule has 8 heteroatoms. The van der Waals surface area contributed by atoms with Crippen LogP contribution in [-0.4, -0.2) is 29.1 Å². The van der Waals surface area contributed by atoms with Crippen molar-refractivity contribution in [1.82, 2.24) is 29.1 Å². The topological polar surface area (TPSA) is 61.4 Å². The third-order valence-electron chi connectivity index (χ3n) is 5.29. The Balaban J connectivity index is 1.75. The number of fused-ring (bicyclic) bond motifs is 2. The maximum Gasteiger partial charge on any atom is 0.234 e. The molecular weight excluding hydrogens is 410 g/mol. The van der Waals surface area contributed by atoms with Crippen molar-refractivity contribution < 1.29 is 8.78 Å². The second-order valence-corrected chi connectivity index (χ2v) is 7.23. The molecule has 0 aliphatic heterocycles. The van der Waals surface area contributed by atoms with Crippen LogP contribution in [0.15, 0.2) is 85.5 Å². The predicted octanol–water partition coefficient (Wildman–Crippen LogP) is 5.10. The highest BCUT2D eigenvalue weighted by molar-refractivity contribution is 5.93. The van der Waals surface area contributed by atoms with Crippen molar-refractivity contribution in [3.05, 3.63) is 97.1 Å². The quantitative estimate of drug-likeness (QED) is 0.397. The lowest BCUT2D eigenvalue weighted by Crippen LogP contribution is -2.06. The van der Waals surface area contributed by atoms with Gasteiger partial charge in [-0.2, -0.15) is 0 Å². The minimum atomic E-state index is -0.343. The average molecular weight is 424 g/mol. The Hall–Kier alpha value is -4.46. The Kier molecular flexibility index (Phi) is 4.04. The zero-order valence-corrected chi connectivity index (χ0v) is 16.5. The van der Waals surface area contributed by atoms with Crippen LogP contribution < -0.4 is 0 Å². The van der Waals surface area contributed by atoms with Gasteiger partial charge in [0, 0.05) is 35.6 Å². The molecule has 0 unspecified atom stereocenters. The molecule has 4 aromatic heterocycles. The fraction of sp³-hybridized carbons (Fsp3) is 0. The van der Waals surface area contributed by atoms with Crippen LogP contribution in [0.1, 0.15) is 0 Å². The Morgan fingerprint density at radius 3 is 1.34 bits per heavy atom. The van der Waals surface area contributed by atoms with Gasteiger partial charge in [-0.25, -0.2) is 28.7 Å². The summed E-state index contributed by atoms with van der Waals surface area (Å²) in [5, 5.41) is 1.37. The van der Waals surface area contributed by atoms with Crippen LogP contribution in [0.4, 0.5) is 8.78 Å². The lowest BCUT2D eigenvalue weighted by atomic mass is 10.2. The lowest BCUT2D eigenvalue weighted by Gasteiger charge is -2.12. The first-order chi connectivity index (χ1) is 15.7. The maximum absolute atomic E-state index is 14.0. The Bertz CT molecular complexity index is 1470. The molecule has 6 aromatic rings. The van der Waals surface area contributed by atoms with Crippen molar-refractivity contribution >= 4 is 21.8 Å². The third kappa shape index (κ3) is 2.84. The number of rotatable bonds is 3. The van der Waals surface area contributed by atoms with Gasteiger partial charge in [-0.05, 0) is 60.7 Å². The molecule has 0 saturated carbocycles. The van der Waals surface area contributed by atoms with Crippen LogP contribution in [0.3, 0.4) is 0 Å². The van der Waals surface area contributed by atoms with Gasteiger partial charge in [-0.3, -0.25) is 9.13 Å². The van der Waals surface area contributed by atoms with Crippen molar-refractivity contribution in [2.24, 2.45) is 0 Å². The molecule has 2 aromatic carbocycles. The summed E-state index contributed by atoms with van der Waals surface area (Å²) in [4.78, 5) is 17.6. The van der Waals surface area contributed by atoms with Crippen molar-refractivity contribution in [2.75, 3.05) is 0 Å². The van der Waals surface area contributed by atoms with E-state index in [1.807, 2.05) is 21.3 Å². The first-order valence-electron chi connectivity index (χ1n) is 9.86. The van der Waals surface area contributed by atoms with E-state index in [1.165, 1.54) is 24.3 Å². The Morgan fingerprint density at radius 2 is 0.938 bits per heavy atom. The highest BCUT2D eigenvalue weighted by Crippen LogP contribution is 2.35. The van der Waals surface area contributed by atoms with Gasteiger partial charge >= 0.3 is 0 Å². The molecule has 0 aliphatic rings. The lowest BCUT2D eigenvalue weighted by molar-refractivity contribution is 0.629. The number of nitrogens with zero attached hydrogens (tertiary/aromatic N) is 6. The van der Waals surface area contributed by atoms with E-state index in [9.17, 15) is 8.78 Å². The molecule has 4 heterocycles. The van der Waals surface area contributed by atoms with Gasteiger partial charge in [0.25, 0.3) is 0 Å². The van der Waals surface area contributed by atoms with Crippen LogP contribution in [0.5, 0.6) is 0 Å². The Labute approximate surface area is 180 Å². The molecule has 154 valence electrons. The smallest absolute Gasteiger partial charge is 0.234 e. The normalized spacial score (nSPS) is 11.4. The summed E-state index contributed by atoms with van der Waals surface area (Å²) in [7, 11) is 0. The Morgan fingerprint density at radius 1 is 0.531 bits per heavy atom. The van der Waals surface area contributed by atoms with Crippen molar-refractivity contribution in [3.8, 4) is 23.3 Å². The van der Waals surface area contributed by atoms with E-state index < -0.39 is 0 Å². The molecule has 0 spiro atoms. The molecule has 32 heavy (non-hydrogen) atoms. The standard InChI is InChI=1S/C24H14F2N6/c25-17-3-5-19-15(11-17)13-21(31(19)23-27-7-1-8-28-23)22-14-16-12-18(26)4-6-20(16)32(22)24-29-9-2-10-30-24/h1-14H. The first-order valence-corrected chi connectivity index (χ1v) is 9.86. The van der Waals surface area contributed by atoms with Gasteiger partial charge in [-0.1, -0.05) is 0 Å². The third-order valence-corrected chi connectivity index (χ3v) is 5.29. The largest absolute Gasteiger partial charge is 0.276 e. The molecule has 6 nitrogen and oxygen atoms in total. The van der Waals surface area contributed by atoms with Crippen LogP contribution in [0.25, 0.3) is 45.1 Å². The molecule has 0 amide bonds. The van der Waals surface area contributed by atoms with E-state index in [1.54, 1.807) is 49.1 Å². The van der Waals surface area contributed by atoms with Gasteiger partial charge in [0.1, 0.15) is 11.6 Å². The fourth-order valence-corrected chi connectivity index (χ4v) is 3.99.